The van der Waals surface area contributed by atoms with Gasteiger partial charge in [-0.05, 0) is 31.2 Å². The highest BCUT2D eigenvalue weighted by Crippen LogP contribution is 2.60. The highest BCUT2D eigenvalue weighted by atomic mass is 16.6. The van der Waals surface area contributed by atoms with Gasteiger partial charge in [0.25, 0.3) is 0 Å². The van der Waals surface area contributed by atoms with Crippen molar-refractivity contribution in [1.82, 2.24) is 0 Å². The Kier molecular flexibility index (Phi) is 8.44. The number of esters is 2. The van der Waals surface area contributed by atoms with E-state index in [1.54, 1.807) is 37.3 Å². The van der Waals surface area contributed by atoms with Crippen LogP contribution in [-0.4, -0.2) is 61.3 Å². The lowest BCUT2D eigenvalue weighted by atomic mass is 9.71. The highest BCUT2D eigenvalue weighted by molar-refractivity contribution is 5.91. The first-order valence-electron chi connectivity index (χ1n) is 13.0. The van der Waals surface area contributed by atoms with E-state index < -0.39 is 47.2 Å². The zero-order valence-corrected chi connectivity index (χ0v) is 24.4. The van der Waals surface area contributed by atoms with Gasteiger partial charge in [-0.15, -0.1) is 0 Å². The van der Waals surface area contributed by atoms with Gasteiger partial charge >= 0.3 is 11.9 Å². The molecule has 0 heterocycles. The number of carbonyl (C=O) groups is 2. The molecule has 0 aliphatic heterocycles. The van der Waals surface area contributed by atoms with Crippen LogP contribution in [0.25, 0.3) is 11.1 Å². The lowest BCUT2D eigenvalue weighted by Crippen LogP contribution is -2.46. The topological polar surface area (TPSA) is 150 Å². The molecular formula is C31H34O11. The Balaban J connectivity index is 2.18. The van der Waals surface area contributed by atoms with Crippen LogP contribution in [0.3, 0.4) is 0 Å². The molecule has 11 heteroatoms. The number of benzene rings is 3. The molecule has 0 aromatic heterocycles. The van der Waals surface area contributed by atoms with Crippen molar-refractivity contribution in [2.24, 2.45) is 5.92 Å². The fourth-order valence-corrected chi connectivity index (χ4v) is 5.35. The molecule has 0 saturated carbocycles. The zero-order valence-electron chi connectivity index (χ0n) is 24.4. The van der Waals surface area contributed by atoms with Gasteiger partial charge in [-0.2, -0.15) is 0 Å². The van der Waals surface area contributed by atoms with Gasteiger partial charge in [0, 0.05) is 35.1 Å². The minimum Gasteiger partial charge on any atom is -0.504 e. The van der Waals surface area contributed by atoms with Gasteiger partial charge in [0.1, 0.15) is 11.7 Å². The predicted octanol–water partition coefficient (Wildman–Crippen LogP) is 4.70. The molecule has 0 spiro atoms. The molecule has 224 valence electrons. The van der Waals surface area contributed by atoms with Gasteiger partial charge in [0.2, 0.25) is 11.5 Å². The minimum absolute atomic E-state index is 0.0181. The third-order valence-electron chi connectivity index (χ3n) is 7.62. The molecule has 3 aromatic carbocycles. The Hall–Kier alpha value is -4.64. The number of hydrogen-bond acceptors (Lipinski definition) is 11. The summed E-state index contributed by atoms with van der Waals surface area (Å²) >= 11 is 0. The Morgan fingerprint density at radius 3 is 1.76 bits per heavy atom. The summed E-state index contributed by atoms with van der Waals surface area (Å²) in [5, 5.41) is 35.5. The molecule has 0 radical (unpaired) electrons. The maximum Gasteiger partial charge on any atom is 0.338 e. The second kappa shape index (κ2) is 11.7. The molecule has 0 bridgehead atoms. The molecule has 1 aliphatic carbocycles. The summed E-state index contributed by atoms with van der Waals surface area (Å²) < 4.78 is 33.5. The SMILES string of the molecule is COc1cc2c(c(O)c1OC)-c1c(cc(OC)c(OC)c1O)C(OC(=O)c1ccccc1)[C@@](C)(O)C(C)C2OC(C)=O. The summed E-state index contributed by atoms with van der Waals surface area (Å²) in [4.78, 5) is 25.8. The molecule has 0 amide bonds. The monoisotopic (exact) mass is 582 g/mol. The van der Waals surface area contributed by atoms with E-state index in [0.29, 0.717) is 0 Å². The van der Waals surface area contributed by atoms with E-state index in [-0.39, 0.29) is 50.8 Å². The van der Waals surface area contributed by atoms with E-state index in [0.717, 1.165) is 0 Å². The number of phenolic OH excluding ortho intramolecular Hbond substituents is 2. The number of phenols is 2. The third-order valence-corrected chi connectivity index (χ3v) is 7.62. The van der Waals surface area contributed by atoms with Gasteiger partial charge in [-0.25, -0.2) is 4.79 Å². The maximum absolute atomic E-state index is 13.4. The number of hydrogen-bond donors (Lipinski definition) is 3. The fourth-order valence-electron chi connectivity index (χ4n) is 5.35. The average Bonchev–Trinajstić information content (AvgIpc) is 2.97. The Bertz CT molecular complexity index is 1500. The normalized spacial score (nSPS) is 21.1. The van der Waals surface area contributed by atoms with Crippen molar-refractivity contribution in [1.29, 1.82) is 0 Å². The molecule has 0 fully saturated rings. The standard InChI is InChI=1S/C31H34O11/c1-15-26(41-16(2)32)18-13-20(37-4)27(39-6)24(33)22(18)23-19(14-21(38-5)28(40-7)25(23)34)29(31(15,3)36)42-30(35)17-11-9-8-10-12-17/h8-15,26,29,33-34,36H,1-7H3/t15?,26?,29?,31-/m0/s1. The molecule has 1 aliphatic rings. The van der Waals surface area contributed by atoms with Crippen molar-refractivity contribution in [3.63, 3.8) is 0 Å². The van der Waals surface area contributed by atoms with Gasteiger partial charge in [0.05, 0.1) is 34.0 Å². The molecule has 3 N–H and O–H groups in total. The van der Waals surface area contributed by atoms with Crippen molar-refractivity contribution in [2.75, 3.05) is 28.4 Å². The molecule has 0 saturated heterocycles. The summed E-state index contributed by atoms with van der Waals surface area (Å²) in [6.45, 7) is 4.24. The van der Waals surface area contributed by atoms with E-state index in [4.69, 9.17) is 28.4 Å². The fraction of sp³-hybridized carbons (Fsp3) is 0.355. The number of methoxy groups -OCH3 is 4. The van der Waals surface area contributed by atoms with Crippen LogP contribution >= 0.6 is 0 Å². The summed E-state index contributed by atoms with van der Waals surface area (Å²) in [7, 11) is 5.36. The van der Waals surface area contributed by atoms with E-state index >= 15 is 0 Å². The predicted molar refractivity (Wildman–Crippen MR) is 150 cm³/mol. The summed E-state index contributed by atoms with van der Waals surface area (Å²) in [6.07, 6.45) is -2.71. The van der Waals surface area contributed by atoms with Gasteiger partial charge < -0.3 is 43.7 Å². The smallest absolute Gasteiger partial charge is 0.338 e. The van der Waals surface area contributed by atoms with Crippen LogP contribution in [0.1, 0.15) is 54.5 Å². The largest absolute Gasteiger partial charge is 0.504 e. The van der Waals surface area contributed by atoms with E-state index in [1.807, 2.05) is 0 Å². The van der Waals surface area contributed by atoms with Gasteiger partial charge in [-0.1, -0.05) is 25.1 Å². The quantitative estimate of drug-likeness (QED) is 0.333. The van der Waals surface area contributed by atoms with Crippen molar-refractivity contribution >= 4 is 11.9 Å². The summed E-state index contributed by atoms with van der Waals surface area (Å²) in [5.74, 6) is -3.37. The van der Waals surface area contributed by atoms with Crippen LogP contribution in [0.5, 0.6) is 34.5 Å². The van der Waals surface area contributed by atoms with E-state index in [1.165, 1.54) is 54.4 Å². The minimum atomic E-state index is -1.94. The summed E-state index contributed by atoms with van der Waals surface area (Å²) in [6, 6.07) is 11.1. The Labute approximate surface area is 243 Å². The first-order valence-corrected chi connectivity index (χ1v) is 13.0. The maximum atomic E-state index is 13.4. The van der Waals surface area contributed by atoms with Crippen LogP contribution in [0.2, 0.25) is 0 Å². The first-order chi connectivity index (χ1) is 19.9. The van der Waals surface area contributed by atoms with Gasteiger partial charge in [-0.3, -0.25) is 4.79 Å². The average molecular weight is 583 g/mol. The zero-order chi connectivity index (χ0) is 30.9. The number of fused-ring (bicyclic) bond motifs is 3. The molecule has 3 unspecified atom stereocenters. The van der Waals surface area contributed by atoms with E-state index in [9.17, 15) is 24.9 Å². The highest BCUT2D eigenvalue weighted by Gasteiger charge is 2.51. The van der Waals surface area contributed by atoms with Gasteiger partial charge in [0.15, 0.2) is 29.1 Å². The van der Waals surface area contributed by atoms with Crippen molar-refractivity contribution in [3.05, 3.63) is 59.2 Å². The Morgan fingerprint density at radius 2 is 1.29 bits per heavy atom. The molecule has 4 rings (SSSR count). The van der Waals surface area contributed by atoms with Crippen molar-refractivity contribution in [3.8, 4) is 45.6 Å². The number of aliphatic hydroxyl groups is 1. The Morgan fingerprint density at radius 1 is 0.786 bits per heavy atom. The number of carbonyl (C=O) groups excluding carboxylic acids is 2. The first kappa shape index (κ1) is 30.3. The molecular weight excluding hydrogens is 548 g/mol. The van der Waals surface area contributed by atoms with Crippen LogP contribution in [0.4, 0.5) is 0 Å². The van der Waals surface area contributed by atoms with Crippen molar-refractivity contribution in [2.45, 2.75) is 38.6 Å². The molecule has 3 aromatic rings. The lowest BCUT2D eigenvalue weighted by Gasteiger charge is -2.43. The second-order valence-corrected chi connectivity index (χ2v) is 10.0. The summed E-state index contributed by atoms with van der Waals surface area (Å²) in [5.41, 5.74) is -1.56. The number of aromatic hydroxyl groups is 2. The van der Waals surface area contributed by atoms with E-state index in [2.05, 4.69) is 0 Å². The van der Waals surface area contributed by atoms with Crippen LogP contribution in [0, 0.1) is 5.92 Å². The number of ether oxygens (including phenoxy) is 6. The van der Waals surface area contributed by atoms with Crippen LogP contribution in [-0.2, 0) is 14.3 Å². The molecule has 11 nitrogen and oxygen atoms in total. The molecule has 42 heavy (non-hydrogen) atoms. The second-order valence-electron chi connectivity index (χ2n) is 10.0. The van der Waals surface area contributed by atoms with Crippen LogP contribution in [0.15, 0.2) is 42.5 Å². The van der Waals surface area contributed by atoms with Crippen LogP contribution < -0.4 is 18.9 Å². The van der Waals surface area contributed by atoms with Crippen molar-refractivity contribution < 1.29 is 53.3 Å². The molecule has 4 atom stereocenters. The lowest BCUT2D eigenvalue weighted by molar-refractivity contribution is -0.166. The number of rotatable bonds is 7. The third kappa shape index (κ3) is 5.00.